The van der Waals surface area contributed by atoms with Gasteiger partial charge in [0.2, 0.25) is 0 Å². The van der Waals surface area contributed by atoms with E-state index in [0.717, 1.165) is 16.6 Å². The van der Waals surface area contributed by atoms with E-state index in [-0.39, 0.29) is 17.6 Å². The van der Waals surface area contributed by atoms with Crippen molar-refractivity contribution in [2.75, 3.05) is 17.3 Å². The number of fused-ring (bicyclic) bond motifs is 1. The summed E-state index contributed by atoms with van der Waals surface area (Å²) < 4.78 is 15.1. The molecule has 174 valence electrons. The number of carbonyl (C=O) groups excluding carboxylic acids is 2. The molecule has 0 spiro atoms. The smallest absolute Gasteiger partial charge is 0.259 e. The van der Waals surface area contributed by atoms with Crippen LogP contribution in [0.15, 0.2) is 73.4 Å². The second-order valence-electron chi connectivity index (χ2n) is 7.96. The Labute approximate surface area is 199 Å². The van der Waals surface area contributed by atoms with Crippen molar-refractivity contribution in [2.45, 2.75) is 6.92 Å². The molecule has 0 saturated heterocycles. The quantitative estimate of drug-likeness (QED) is 0.403. The fourth-order valence-electron chi connectivity index (χ4n) is 3.76. The fraction of sp³-hybridized carbons (Fsp3) is 0.0800. The van der Waals surface area contributed by atoms with E-state index in [1.807, 2.05) is 11.5 Å². The molecule has 10 heteroatoms. The molecule has 0 unspecified atom stereocenters. The average Bonchev–Trinajstić information content (AvgIpc) is 3.55. The number of carbonyl (C=O) groups is 2. The summed E-state index contributed by atoms with van der Waals surface area (Å²) in [6.45, 7) is 1.89. The molecular formula is C25H20FN7O2. The summed E-state index contributed by atoms with van der Waals surface area (Å²) in [5.74, 6) is -0.533. The first kappa shape index (κ1) is 22.0. The van der Waals surface area contributed by atoms with E-state index in [1.165, 1.54) is 29.4 Å². The minimum Gasteiger partial charge on any atom is -0.311 e. The van der Waals surface area contributed by atoms with E-state index in [9.17, 15) is 14.0 Å². The summed E-state index contributed by atoms with van der Waals surface area (Å²) in [6, 6.07) is 12.8. The number of pyridine rings is 1. The number of imidazole rings is 1. The average molecular weight is 469 g/mol. The molecular weight excluding hydrogens is 449 g/mol. The number of halogens is 1. The molecule has 9 nitrogen and oxygen atoms in total. The summed E-state index contributed by atoms with van der Waals surface area (Å²) in [5, 5.41) is 9.06. The Hall–Kier alpha value is -4.86. The number of hydrogen-bond donors (Lipinski definition) is 2. The molecule has 3 heterocycles. The maximum atomic E-state index is 13.3. The lowest BCUT2D eigenvalue weighted by molar-refractivity contribution is 0.0991. The van der Waals surface area contributed by atoms with E-state index in [1.54, 1.807) is 56.0 Å². The van der Waals surface area contributed by atoms with Crippen LogP contribution in [0.1, 0.15) is 26.3 Å². The van der Waals surface area contributed by atoms with Gasteiger partial charge in [0.05, 0.1) is 34.7 Å². The Morgan fingerprint density at radius 2 is 1.83 bits per heavy atom. The van der Waals surface area contributed by atoms with E-state index in [2.05, 4.69) is 25.5 Å². The summed E-state index contributed by atoms with van der Waals surface area (Å²) in [4.78, 5) is 35.7. The number of anilines is 2. The van der Waals surface area contributed by atoms with Gasteiger partial charge in [-0.3, -0.25) is 19.3 Å². The molecule has 0 atom stereocenters. The molecule has 0 fully saturated rings. The topological polar surface area (TPSA) is 109 Å². The van der Waals surface area contributed by atoms with Crippen LogP contribution in [-0.4, -0.2) is 43.6 Å². The largest absolute Gasteiger partial charge is 0.311 e. The first-order valence-electron chi connectivity index (χ1n) is 10.7. The Morgan fingerprint density at radius 1 is 1.03 bits per heavy atom. The summed E-state index contributed by atoms with van der Waals surface area (Å²) >= 11 is 0. The predicted molar refractivity (Wildman–Crippen MR) is 129 cm³/mol. The molecule has 2 N–H and O–H groups in total. The van der Waals surface area contributed by atoms with Crippen molar-refractivity contribution in [1.29, 1.82) is 0 Å². The van der Waals surface area contributed by atoms with Crippen molar-refractivity contribution in [3.8, 4) is 5.69 Å². The van der Waals surface area contributed by atoms with Gasteiger partial charge in [-0.25, -0.2) is 14.4 Å². The number of H-pyrrole nitrogens is 1. The van der Waals surface area contributed by atoms with Crippen LogP contribution < -0.4 is 10.2 Å². The van der Waals surface area contributed by atoms with Crippen LogP contribution in [-0.2, 0) is 0 Å². The van der Waals surface area contributed by atoms with Gasteiger partial charge in [-0.15, -0.1) is 0 Å². The fourth-order valence-corrected chi connectivity index (χ4v) is 3.76. The Kier molecular flexibility index (Phi) is 5.54. The van der Waals surface area contributed by atoms with Gasteiger partial charge in [0.15, 0.2) is 0 Å². The summed E-state index contributed by atoms with van der Waals surface area (Å²) in [6.07, 6.45) is 6.20. The van der Waals surface area contributed by atoms with Crippen molar-refractivity contribution >= 4 is 34.4 Å². The van der Waals surface area contributed by atoms with Crippen LogP contribution in [0.4, 0.5) is 15.9 Å². The third-order valence-electron chi connectivity index (χ3n) is 5.64. The molecule has 3 aromatic heterocycles. The molecule has 2 aromatic carbocycles. The van der Waals surface area contributed by atoms with Crippen LogP contribution in [0.5, 0.6) is 0 Å². The van der Waals surface area contributed by atoms with Crippen molar-refractivity contribution in [3.63, 3.8) is 0 Å². The second kappa shape index (κ2) is 8.82. The maximum Gasteiger partial charge on any atom is 0.259 e. The number of aryl methyl sites for hydroxylation is 1. The zero-order valence-electron chi connectivity index (χ0n) is 18.9. The third-order valence-corrected chi connectivity index (χ3v) is 5.64. The lowest BCUT2D eigenvalue weighted by Crippen LogP contribution is -2.26. The zero-order valence-corrected chi connectivity index (χ0v) is 18.9. The first-order chi connectivity index (χ1) is 16.9. The number of amides is 2. The van der Waals surface area contributed by atoms with E-state index >= 15 is 0 Å². The highest BCUT2D eigenvalue weighted by molar-refractivity contribution is 6.07. The zero-order chi connectivity index (χ0) is 24.5. The van der Waals surface area contributed by atoms with E-state index in [0.29, 0.717) is 28.3 Å². The number of rotatable bonds is 5. The van der Waals surface area contributed by atoms with Gasteiger partial charge >= 0.3 is 0 Å². The summed E-state index contributed by atoms with van der Waals surface area (Å²) in [7, 11) is 1.65. The molecule has 0 bridgehead atoms. The van der Waals surface area contributed by atoms with Crippen LogP contribution in [0.25, 0.3) is 16.7 Å². The molecule has 0 saturated carbocycles. The Balaban J connectivity index is 1.44. The maximum absolute atomic E-state index is 13.3. The number of hydrogen-bond acceptors (Lipinski definition) is 5. The Morgan fingerprint density at radius 3 is 2.51 bits per heavy atom. The van der Waals surface area contributed by atoms with Gasteiger partial charge in [0.25, 0.3) is 11.8 Å². The normalized spacial score (nSPS) is 10.9. The minimum absolute atomic E-state index is 0.232. The molecule has 35 heavy (non-hydrogen) atoms. The number of aromatic nitrogens is 5. The molecule has 0 aliphatic heterocycles. The van der Waals surface area contributed by atoms with E-state index < -0.39 is 0 Å². The van der Waals surface area contributed by atoms with Crippen LogP contribution in [0.3, 0.4) is 0 Å². The molecule has 0 radical (unpaired) electrons. The molecule has 0 aliphatic carbocycles. The molecule has 5 rings (SSSR count). The third kappa shape index (κ3) is 4.24. The number of nitrogens with one attached hydrogen (secondary N) is 2. The standard InChI is InChI=1S/C25H20FN7O2/c1-15-9-16(25(35)32(2)19-5-3-18(26)4-6-19)10-21-23(15)28-14-33(21)20-7-8-22(27-13-20)31-24(34)17-11-29-30-12-17/h3-14H,1-2H3,(H,29,30)(H,27,31,34). The number of aromatic amines is 1. The van der Waals surface area contributed by atoms with Gasteiger partial charge in [0.1, 0.15) is 18.0 Å². The molecule has 0 aliphatic rings. The van der Waals surface area contributed by atoms with Crippen LogP contribution in [0.2, 0.25) is 0 Å². The van der Waals surface area contributed by atoms with E-state index in [4.69, 9.17) is 0 Å². The van der Waals surface area contributed by atoms with Crippen molar-refractivity contribution < 1.29 is 14.0 Å². The van der Waals surface area contributed by atoms with Gasteiger partial charge in [-0.2, -0.15) is 5.10 Å². The lowest BCUT2D eigenvalue weighted by atomic mass is 10.1. The highest BCUT2D eigenvalue weighted by Gasteiger charge is 2.18. The van der Waals surface area contributed by atoms with Crippen molar-refractivity contribution in [2.24, 2.45) is 0 Å². The first-order valence-corrected chi connectivity index (χ1v) is 10.7. The van der Waals surface area contributed by atoms with Gasteiger partial charge < -0.3 is 10.2 Å². The Bertz CT molecular complexity index is 1530. The van der Waals surface area contributed by atoms with Gasteiger partial charge in [0, 0.05) is 24.5 Å². The SMILES string of the molecule is Cc1cc(C(=O)N(C)c2ccc(F)cc2)cc2c1ncn2-c1ccc(NC(=O)c2cn[nH]c2)nc1. The van der Waals surface area contributed by atoms with Gasteiger partial charge in [-0.05, 0) is 61.0 Å². The highest BCUT2D eigenvalue weighted by atomic mass is 19.1. The molecule has 5 aromatic rings. The monoisotopic (exact) mass is 469 g/mol. The van der Waals surface area contributed by atoms with Crippen LogP contribution in [0, 0.1) is 12.7 Å². The predicted octanol–water partition coefficient (Wildman–Crippen LogP) is 4.12. The van der Waals surface area contributed by atoms with Crippen molar-refractivity contribution in [3.05, 3.63) is 96.0 Å². The number of nitrogens with zero attached hydrogens (tertiary/aromatic N) is 5. The van der Waals surface area contributed by atoms with Crippen molar-refractivity contribution in [1.82, 2.24) is 24.7 Å². The minimum atomic E-state index is -0.364. The van der Waals surface area contributed by atoms with Gasteiger partial charge in [-0.1, -0.05) is 0 Å². The number of benzene rings is 2. The van der Waals surface area contributed by atoms with Crippen LogP contribution >= 0.6 is 0 Å². The second-order valence-corrected chi connectivity index (χ2v) is 7.96. The lowest BCUT2D eigenvalue weighted by Gasteiger charge is -2.18. The summed E-state index contributed by atoms with van der Waals surface area (Å²) in [5.41, 5.74) is 4.50. The highest BCUT2D eigenvalue weighted by Crippen LogP contribution is 2.25. The molecule has 2 amide bonds.